The average Bonchev–Trinajstić information content (AvgIpc) is 2.57. The Morgan fingerprint density at radius 1 is 1.19 bits per heavy atom. The van der Waals surface area contributed by atoms with Gasteiger partial charge in [0.1, 0.15) is 11.6 Å². The number of ether oxygens (including phenoxy) is 1. The Kier molecular flexibility index (Phi) is 8.62. The Morgan fingerprint density at radius 2 is 1.85 bits per heavy atom. The number of hydrogen-bond donors (Lipinski definition) is 1. The molecule has 2 amide bonds. The molecule has 0 saturated carbocycles. The van der Waals surface area contributed by atoms with Crippen molar-refractivity contribution in [3.63, 3.8) is 0 Å². The molecule has 5 nitrogen and oxygen atoms in total. The molecule has 26 heavy (non-hydrogen) atoms. The minimum absolute atomic E-state index is 0.165. The van der Waals surface area contributed by atoms with Crippen LogP contribution >= 0.6 is 0 Å². The Balaban J connectivity index is 2.89. The topological polar surface area (TPSA) is 58.6 Å². The highest BCUT2D eigenvalue weighted by atomic mass is 16.6. The van der Waals surface area contributed by atoms with Crippen LogP contribution in [0.4, 0.5) is 4.79 Å². The number of amides is 2. The fraction of sp³-hybridized carbons (Fsp3) is 0.429. The van der Waals surface area contributed by atoms with Gasteiger partial charge in [-0.1, -0.05) is 42.5 Å². The van der Waals surface area contributed by atoms with Crippen molar-refractivity contribution in [3.8, 4) is 0 Å². The molecule has 0 bridgehead atoms. The first-order chi connectivity index (χ1) is 12.3. The van der Waals surface area contributed by atoms with E-state index in [4.69, 9.17) is 4.74 Å². The van der Waals surface area contributed by atoms with Gasteiger partial charge in [-0.25, -0.2) is 4.79 Å². The maximum atomic E-state index is 13.0. The van der Waals surface area contributed by atoms with Gasteiger partial charge in [-0.3, -0.25) is 4.79 Å². The number of rotatable bonds is 9. The quantitative estimate of drug-likeness (QED) is 0.677. The van der Waals surface area contributed by atoms with Gasteiger partial charge in [0.05, 0.1) is 0 Å². The molecule has 0 aromatic heterocycles. The van der Waals surface area contributed by atoms with E-state index < -0.39 is 17.7 Å². The summed E-state index contributed by atoms with van der Waals surface area (Å²) in [4.78, 5) is 26.8. The number of alkyl carbamates (subject to hydrolysis) is 1. The van der Waals surface area contributed by atoms with Gasteiger partial charge in [-0.15, -0.1) is 13.2 Å². The Labute approximate surface area is 156 Å². The lowest BCUT2D eigenvalue weighted by Gasteiger charge is -2.28. The van der Waals surface area contributed by atoms with Crippen molar-refractivity contribution in [3.05, 3.63) is 61.2 Å². The molecular weight excluding hydrogens is 328 g/mol. The van der Waals surface area contributed by atoms with Crippen LogP contribution in [0.3, 0.4) is 0 Å². The molecular formula is C21H30N2O3. The smallest absolute Gasteiger partial charge is 0.408 e. The van der Waals surface area contributed by atoms with Gasteiger partial charge in [0.15, 0.2) is 0 Å². The largest absolute Gasteiger partial charge is 0.444 e. The molecule has 1 unspecified atom stereocenters. The van der Waals surface area contributed by atoms with Crippen LogP contribution in [0.5, 0.6) is 0 Å². The summed E-state index contributed by atoms with van der Waals surface area (Å²) < 4.78 is 5.27. The summed E-state index contributed by atoms with van der Waals surface area (Å²) >= 11 is 0. The molecule has 1 atom stereocenters. The van der Waals surface area contributed by atoms with Gasteiger partial charge in [0.2, 0.25) is 5.91 Å². The predicted molar refractivity (Wildman–Crippen MR) is 105 cm³/mol. The van der Waals surface area contributed by atoms with Gasteiger partial charge in [-0.05, 0) is 39.2 Å². The van der Waals surface area contributed by atoms with Gasteiger partial charge in [-0.2, -0.15) is 0 Å². The van der Waals surface area contributed by atoms with Crippen LogP contribution in [0.25, 0.3) is 0 Å². The molecule has 142 valence electrons. The number of carbonyl (C=O) groups excluding carboxylic acids is 2. The Hall–Kier alpha value is -2.56. The highest BCUT2D eigenvalue weighted by Crippen LogP contribution is 2.11. The van der Waals surface area contributed by atoms with E-state index in [9.17, 15) is 9.59 Å². The fourth-order valence-corrected chi connectivity index (χ4v) is 2.38. The van der Waals surface area contributed by atoms with Crippen LogP contribution in [-0.4, -0.2) is 35.1 Å². The van der Waals surface area contributed by atoms with E-state index in [0.29, 0.717) is 25.9 Å². The molecule has 0 radical (unpaired) electrons. The summed E-state index contributed by atoms with van der Waals surface area (Å²) in [7, 11) is 0. The van der Waals surface area contributed by atoms with E-state index in [0.717, 1.165) is 5.56 Å². The zero-order chi connectivity index (χ0) is 19.6. The standard InChI is InChI=1S/C21H30N2O3/c1-6-8-15-23(16-17-13-10-9-11-14-17)19(24)18(12-7-2)22-20(25)26-21(3,4)5/h6-7,9-11,13-14,18H,1-2,8,12,15-16H2,3-5H3,(H,22,25). The van der Waals surface area contributed by atoms with Crippen LogP contribution in [-0.2, 0) is 16.1 Å². The van der Waals surface area contributed by atoms with Gasteiger partial charge in [0, 0.05) is 13.1 Å². The second-order valence-electron chi connectivity index (χ2n) is 7.05. The highest BCUT2D eigenvalue weighted by Gasteiger charge is 2.27. The Bertz CT molecular complexity index is 605. The first-order valence-electron chi connectivity index (χ1n) is 8.81. The second-order valence-corrected chi connectivity index (χ2v) is 7.05. The fourth-order valence-electron chi connectivity index (χ4n) is 2.38. The number of nitrogens with zero attached hydrogens (tertiary/aromatic N) is 1. The third-order valence-electron chi connectivity index (χ3n) is 3.52. The van der Waals surface area contributed by atoms with E-state index in [-0.39, 0.29) is 5.91 Å². The number of benzene rings is 1. The molecule has 0 saturated heterocycles. The van der Waals surface area contributed by atoms with Crippen LogP contribution < -0.4 is 5.32 Å². The van der Waals surface area contributed by atoms with Crippen molar-refractivity contribution in [2.45, 2.75) is 51.8 Å². The summed E-state index contributed by atoms with van der Waals surface area (Å²) in [6.45, 7) is 13.8. The summed E-state index contributed by atoms with van der Waals surface area (Å²) in [6.07, 6.45) is 3.79. The Morgan fingerprint density at radius 3 is 2.38 bits per heavy atom. The molecule has 0 spiro atoms. The first kappa shape index (κ1) is 21.5. The minimum Gasteiger partial charge on any atom is -0.444 e. The summed E-state index contributed by atoms with van der Waals surface area (Å²) in [5.41, 5.74) is 0.401. The van der Waals surface area contributed by atoms with E-state index in [2.05, 4.69) is 18.5 Å². The van der Waals surface area contributed by atoms with E-state index in [1.54, 1.807) is 37.8 Å². The van der Waals surface area contributed by atoms with Crippen LogP contribution in [0.15, 0.2) is 55.6 Å². The lowest BCUT2D eigenvalue weighted by atomic mass is 10.1. The molecule has 1 N–H and O–H groups in total. The third kappa shape index (κ3) is 8.01. The monoisotopic (exact) mass is 358 g/mol. The number of hydrogen-bond acceptors (Lipinski definition) is 3. The lowest BCUT2D eigenvalue weighted by molar-refractivity contribution is -0.134. The summed E-state index contributed by atoms with van der Waals surface area (Å²) in [5, 5.41) is 2.67. The second kappa shape index (κ2) is 10.4. The average molecular weight is 358 g/mol. The summed E-state index contributed by atoms with van der Waals surface area (Å²) in [6, 6.07) is 9.04. The van der Waals surface area contributed by atoms with Gasteiger partial charge < -0.3 is 15.0 Å². The van der Waals surface area contributed by atoms with Crippen molar-refractivity contribution in [2.75, 3.05) is 6.54 Å². The molecule has 1 aromatic rings. The van der Waals surface area contributed by atoms with Crippen molar-refractivity contribution in [1.29, 1.82) is 0 Å². The zero-order valence-corrected chi connectivity index (χ0v) is 16.0. The zero-order valence-electron chi connectivity index (χ0n) is 16.0. The van der Waals surface area contributed by atoms with Crippen molar-refractivity contribution < 1.29 is 14.3 Å². The SMILES string of the molecule is C=CCCN(Cc1ccccc1)C(=O)C(CC=C)NC(=O)OC(C)(C)C. The number of nitrogens with one attached hydrogen (secondary N) is 1. The van der Waals surface area contributed by atoms with Crippen LogP contribution in [0.2, 0.25) is 0 Å². The minimum atomic E-state index is -0.712. The first-order valence-corrected chi connectivity index (χ1v) is 8.81. The maximum absolute atomic E-state index is 13.0. The van der Waals surface area contributed by atoms with Crippen LogP contribution in [0.1, 0.15) is 39.2 Å². The molecule has 1 aromatic carbocycles. The molecule has 5 heteroatoms. The van der Waals surface area contributed by atoms with E-state index >= 15 is 0 Å². The molecule has 1 rings (SSSR count). The predicted octanol–water partition coefficient (Wildman–Crippen LogP) is 4.06. The van der Waals surface area contributed by atoms with Gasteiger partial charge in [0.25, 0.3) is 0 Å². The van der Waals surface area contributed by atoms with Crippen molar-refractivity contribution in [2.24, 2.45) is 0 Å². The molecule has 0 fully saturated rings. The normalized spacial score (nSPS) is 12.0. The van der Waals surface area contributed by atoms with E-state index in [1.165, 1.54) is 0 Å². The van der Waals surface area contributed by atoms with Crippen molar-refractivity contribution in [1.82, 2.24) is 10.2 Å². The summed E-state index contributed by atoms with van der Waals surface area (Å²) in [5.74, 6) is -0.165. The maximum Gasteiger partial charge on any atom is 0.408 e. The number of carbonyl (C=O) groups is 2. The molecule has 0 aliphatic carbocycles. The lowest BCUT2D eigenvalue weighted by Crippen LogP contribution is -2.49. The van der Waals surface area contributed by atoms with Crippen LogP contribution in [0, 0.1) is 0 Å². The third-order valence-corrected chi connectivity index (χ3v) is 3.52. The molecule has 0 aliphatic heterocycles. The highest BCUT2D eigenvalue weighted by molar-refractivity contribution is 5.86. The van der Waals surface area contributed by atoms with Crippen molar-refractivity contribution >= 4 is 12.0 Å². The van der Waals surface area contributed by atoms with Gasteiger partial charge >= 0.3 is 6.09 Å². The molecule has 0 aliphatic rings. The molecule has 0 heterocycles. The van der Waals surface area contributed by atoms with E-state index in [1.807, 2.05) is 30.3 Å².